The Morgan fingerprint density at radius 3 is 3.00 bits per heavy atom. The summed E-state index contributed by atoms with van der Waals surface area (Å²) in [5.41, 5.74) is 3.17. The van der Waals surface area contributed by atoms with Gasteiger partial charge in [-0.3, -0.25) is 0 Å². The Morgan fingerprint density at radius 1 is 1.39 bits per heavy atom. The van der Waals surface area contributed by atoms with Gasteiger partial charge >= 0.3 is 0 Å². The highest BCUT2D eigenvalue weighted by Crippen LogP contribution is 2.29. The second kappa shape index (κ2) is 4.53. The first kappa shape index (κ1) is 11.4. The summed E-state index contributed by atoms with van der Waals surface area (Å²) in [6.45, 7) is 2.02. The van der Waals surface area contributed by atoms with Crippen LogP contribution in [-0.2, 0) is 0 Å². The lowest BCUT2D eigenvalue weighted by molar-refractivity contribution is 0.303. The van der Waals surface area contributed by atoms with E-state index in [0.29, 0.717) is 10.9 Å². The van der Waals surface area contributed by atoms with Gasteiger partial charge < -0.3 is 9.72 Å². The predicted molar refractivity (Wildman–Crippen MR) is 73.2 cm³/mol. The van der Waals surface area contributed by atoms with E-state index >= 15 is 0 Å². The molecule has 0 amide bonds. The number of rotatable bonds is 3. The molecule has 18 heavy (non-hydrogen) atoms. The van der Waals surface area contributed by atoms with Crippen molar-refractivity contribution in [2.24, 2.45) is 0 Å². The van der Waals surface area contributed by atoms with Crippen molar-refractivity contribution in [1.82, 2.24) is 9.97 Å². The van der Waals surface area contributed by atoms with Gasteiger partial charge in [0.25, 0.3) is 0 Å². The Bertz CT molecular complexity index is 632. The van der Waals surface area contributed by atoms with Crippen LogP contribution in [0.1, 0.15) is 18.4 Å². The van der Waals surface area contributed by atoms with Crippen molar-refractivity contribution in [3.63, 3.8) is 0 Å². The molecule has 0 spiro atoms. The third-order valence-corrected chi connectivity index (χ3v) is 3.16. The molecule has 1 aliphatic carbocycles. The fourth-order valence-electron chi connectivity index (χ4n) is 1.86. The number of hydrogen-bond acceptors (Lipinski definition) is 3. The Hall–Kier alpha value is -1.68. The van der Waals surface area contributed by atoms with E-state index in [1.165, 1.54) is 12.8 Å². The highest BCUT2D eigenvalue weighted by Gasteiger charge is 2.23. The maximum Gasteiger partial charge on any atom is 0.197 e. The van der Waals surface area contributed by atoms with Crippen molar-refractivity contribution in [2.75, 3.05) is 0 Å². The summed E-state index contributed by atoms with van der Waals surface area (Å²) in [6, 6.07) is 8.09. The number of nitrogens with zero attached hydrogens (tertiary/aromatic N) is 1. The average Bonchev–Trinajstić information content (AvgIpc) is 3.16. The van der Waals surface area contributed by atoms with Gasteiger partial charge in [-0.05, 0) is 49.7 Å². The van der Waals surface area contributed by atoms with Crippen LogP contribution in [0.25, 0.3) is 11.3 Å². The number of H-pyrrole nitrogens is 1. The highest BCUT2D eigenvalue weighted by molar-refractivity contribution is 7.71. The number of aromatic amines is 1. The molecule has 0 bridgehead atoms. The van der Waals surface area contributed by atoms with Gasteiger partial charge in [-0.2, -0.15) is 0 Å². The molecule has 1 saturated carbocycles. The summed E-state index contributed by atoms with van der Waals surface area (Å²) < 4.78 is 6.31. The molecule has 0 atom stereocenters. The first-order chi connectivity index (χ1) is 8.72. The summed E-state index contributed by atoms with van der Waals surface area (Å²) in [5, 5.41) is 0. The van der Waals surface area contributed by atoms with E-state index in [1.54, 1.807) is 6.20 Å². The van der Waals surface area contributed by atoms with Crippen LogP contribution >= 0.6 is 12.2 Å². The quantitative estimate of drug-likeness (QED) is 0.854. The average molecular weight is 258 g/mol. The van der Waals surface area contributed by atoms with Gasteiger partial charge in [0, 0.05) is 11.8 Å². The molecule has 0 unspecified atom stereocenters. The van der Waals surface area contributed by atoms with Gasteiger partial charge in [0.2, 0.25) is 0 Å². The standard InChI is InChI=1S/C14H14N2OS/c1-9-8-15-14(18)16-13(9)10-3-2-4-12(7-10)17-11-5-6-11/h2-4,7-8,11H,5-6H2,1H3,(H,15,16,18). The molecule has 1 aromatic heterocycles. The molecule has 1 heterocycles. The predicted octanol–water partition coefficient (Wildman–Crippen LogP) is 3.66. The molecule has 3 nitrogen and oxygen atoms in total. The zero-order valence-electron chi connectivity index (χ0n) is 10.1. The molecular formula is C14H14N2OS. The van der Waals surface area contributed by atoms with Gasteiger partial charge in [0.1, 0.15) is 5.75 Å². The number of ether oxygens (including phenoxy) is 1. The molecule has 1 fully saturated rings. The molecule has 3 rings (SSSR count). The molecule has 1 N–H and O–H groups in total. The maximum atomic E-state index is 5.80. The second-order valence-electron chi connectivity index (χ2n) is 4.59. The van der Waals surface area contributed by atoms with Crippen LogP contribution in [0.5, 0.6) is 5.75 Å². The lowest BCUT2D eigenvalue weighted by Gasteiger charge is -2.09. The summed E-state index contributed by atoms with van der Waals surface area (Å²) >= 11 is 5.07. The van der Waals surface area contributed by atoms with Gasteiger partial charge in [-0.1, -0.05) is 12.1 Å². The minimum absolute atomic E-state index is 0.414. The number of benzene rings is 1. The molecule has 4 heteroatoms. The van der Waals surface area contributed by atoms with Crippen LogP contribution in [0, 0.1) is 11.7 Å². The van der Waals surface area contributed by atoms with Crippen molar-refractivity contribution in [3.8, 4) is 17.0 Å². The second-order valence-corrected chi connectivity index (χ2v) is 4.98. The number of aryl methyl sites for hydroxylation is 1. The van der Waals surface area contributed by atoms with E-state index in [-0.39, 0.29) is 0 Å². The van der Waals surface area contributed by atoms with Crippen LogP contribution in [0.2, 0.25) is 0 Å². The molecule has 1 aromatic carbocycles. The molecule has 92 valence electrons. The van der Waals surface area contributed by atoms with Crippen LogP contribution in [0.4, 0.5) is 0 Å². The minimum atomic E-state index is 0.414. The smallest absolute Gasteiger partial charge is 0.197 e. The minimum Gasteiger partial charge on any atom is -0.490 e. The Balaban J connectivity index is 1.99. The van der Waals surface area contributed by atoms with Crippen LogP contribution in [0.3, 0.4) is 0 Å². The van der Waals surface area contributed by atoms with Crippen molar-refractivity contribution in [2.45, 2.75) is 25.9 Å². The van der Waals surface area contributed by atoms with Crippen LogP contribution < -0.4 is 4.74 Å². The monoisotopic (exact) mass is 258 g/mol. The van der Waals surface area contributed by atoms with E-state index in [2.05, 4.69) is 9.97 Å². The number of nitrogens with one attached hydrogen (secondary N) is 1. The number of aromatic nitrogens is 2. The lowest BCUT2D eigenvalue weighted by Crippen LogP contribution is -1.96. The molecular weight excluding hydrogens is 244 g/mol. The summed E-state index contributed by atoms with van der Waals surface area (Å²) in [4.78, 5) is 7.21. The Labute approximate surface area is 111 Å². The zero-order valence-corrected chi connectivity index (χ0v) is 11.0. The summed E-state index contributed by atoms with van der Waals surface area (Å²) in [5.74, 6) is 0.922. The lowest BCUT2D eigenvalue weighted by atomic mass is 10.1. The van der Waals surface area contributed by atoms with E-state index in [4.69, 9.17) is 17.0 Å². The SMILES string of the molecule is Cc1cnc(=S)[nH]c1-c1cccc(OC2CC2)c1. The van der Waals surface area contributed by atoms with E-state index in [0.717, 1.165) is 22.6 Å². The fourth-order valence-corrected chi connectivity index (χ4v) is 2.02. The molecule has 2 aromatic rings. The topological polar surface area (TPSA) is 37.9 Å². The third kappa shape index (κ3) is 2.43. The van der Waals surface area contributed by atoms with Crippen molar-refractivity contribution >= 4 is 12.2 Å². The molecule has 1 aliphatic rings. The maximum absolute atomic E-state index is 5.80. The Morgan fingerprint density at radius 2 is 2.22 bits per heavy atom. The third-order valence-electron chi connectivity index (χ3n) is 2.95. The molecule has 0 saturated heterocycles. The first-order valence-corrected chi connectivity index (χ1v) is 6.46. The van der Waals surface area contributed by atoms with E-state index in [1.807, 2.05) is 31.2 Å². The van der Waals surface area contributed by atoms with E-state index < -0.39 is 0 Å². The highest BCUT2D eigenvalue weighted by atomic mass is 32.1. The fraction of sp³-hybridized carbons (Fsp3) is 0.286. The van der Waals surface area contributed by atoms with Crippen molar-refractivity contribution in [3.05, 3.63) is 40.8 Å². The van der Waals surface area contributed by atoms with Crippen LogP contribution in [0.15, 0.2) is 30.5 Å². The van der Waals surface area contributed by atoms with Crippen LogP contribution in [-0.4, -0.2) is 16.1 Å². The zero-order chi connectivity index (χ0) is 12.5. The summed E-state index contributed by atoms with van der Waals surface area (Å²) in [7, 11) is 0. The normalized spacial score (nSPS) is 14.5. The van der Waals surface area contributed by atoms with Crippen molar-refractivity contribution < 1.29 is 4.74 Å². The van der Waals surface area contributed by atoms with Crippen molar-refractivity contribution in [1.29, 1.82) is 0 Å². The summed E-state index contributed by atoms with van der Waals surface area (Å²) in [6.07, 6.45) is 4.54. The van der Waals surface area contributed by atoms with E-state index in [9.17, 15) is 0 Å². The van der Waals surface area contributed by atoms with Gasteiger partial charge in [-0.15, -0.1) is 0 Å². The largest absolute Gasteiger partial charge is 0.490 e. The van der Waals surface area contributed by atoms with Gasteiger partial charge in [0.05, 0.1) is 11.8 Å². The first-order valence-electron chi connectivity index (χ1n) is 6.05. The van der Waals surface area contributed by atoms with Gasteiger partial charge in [0.15, 0.2) is 4.77 Å². The molecule has 0 aliphatic heterocycles. The number of hydrogen-bond donors (Lipinski definition) is 1. The Kier molecular flexibility index (Phi) is 2.88. The molecule has 0 radical (unpaired) electrons. The van der Waals surface area contributed by atoms with Gasteiger partial charge in [-0.25, -0.2) is 4.98 Å².